The molecule has 0 unspecified atom stereocenters. The largest absolute Gasteiger partial charge is 0.329 e. The lowest BCUT2D eigenvalue weighted by atomic mass is 9.84. The zero-order valence-electron chi connectivity index (χ0n) is 10.8. The average Bonchev–Trinajstić information content (AvgIpc) is 2.46. The molecule has 0 bridgehead atoms. The van der Waals surface area contributed by atoms with Gasteiger partial charge in [-0.3, -0.25) is 0 Å². The second kappa shape index (κ2) is 5.80. The molecule has 2 rings (SSSR count). The molecule has 0 heterocycles. The van der Waals surface area contributed by atoms with Gasteiger partial charge in [-0.1, -0.05) is 60.7 Å². The highest BCUT2D eigenvalue weighted by atomic mass is 15.0. The van der Waals surface area contributed by atoms with Crippen molar-refractivity contribution in [1.82, 2.24) is 5.32 Å². The molecule has 0 fully saturated rings. The minimum absolute atomic E-state index is 0.193. The van der Waals surface area contributed by atoms with Crippen LogP contribution in [0.4, 0.5) is 0 Å². The van der Waals surface area contributed by atoms with Crippen LogP contribution in [0.5, 0.6) is 0 Å². The first kappa shape index (κ1) is 12.8. The van der Waals surface area contributed by atoms with Crippen molar-refractivity contribution in [2.45, 2.75) is 12.5 Å². The van der Waals surface area contributed by atoms with Crippen molar-refractivity contribution in [1.29, 1.82) is 0 Å². The number of benzene rings is 2. The molecule has 2 aromatic rings. The first-order valence-corrected chi connectivity index (χ1v) is 6.33. The van der Waals surface area contributed by atoms with E-state index < -0.39 is 0 Å². The Morgan fingerprint density at radius 3 is 1.72 bits per heavy atom. The molecule has 18 heavy (non-hydrogen) atoms. The molecule has 0 aromatic heterocycles. The van der Waals surface area contributed by atoms with E-state index in [1.807, 2.05) is 12.1 Å². The third-order valence-corrected chi connectivity index (χ3v) is 3.33. The minimum Gasteiger partial charge on any atom is -0.329 e. The summed E-state index contributed by atoms with van der Waals surface area (Å²) in [6.45, 7) is 3.63. The summed E-state index contributed by atoms with van der Waals surface area (Å²) in [7, 11) is 0. The van der Waals surface area contributed by atoms with Crippen LogP contribution in [0, 0.1) is 0 Å². The van der Waals surface area contributed by atoms with Crippen molar-refractivity contribution in [3.8, 4) is 0 Å². The number of nitrogens with one attached hydrogen (secondary N) is 1. The van der Waals surface area contributed by atoms with Crippen LogP contribution in [0.25, 0.3) is 0 Å². The predicted octanol–water partition coefficient (Wildman–Crippen LogP) is 2.50. The topological polar surface area (TPSA) is 38.0 Å². The summed E-state index contributed by atoms with van der Waals surface area (Å²) in [6, 6.07) is 21.0. The SMILES string of the molecule is CC(NCCN)(c1ccccc1)c1ccccc1. The average molecular weight is 240 g/mol. The number of nitrogens with two attached hydrogens (primary N) is 1. The quantitative estimate of drug-likeness (QED) is 0.842. The van der Waals surface area contributed by atoms with E-state index in [9.17, 15) is 0 Å². The second-order valence-corrected chi connectivity index (χ2v) is 4.57. The molecule has 0 saturated heterocycles. The van der Waals surface area contributed by atoms with Crippen LogP contribution in [0.15, 0.2) is 60.7 Å². The predicted molar refractivity (Wildman–Crippen MR) is 76.4 cm³/mol. The van der Waals surface area contributed by atoms with Gasteiger partial charge in [0.15, 0.2) is 0 Å². The maximum atomic E-state index is 5.63. The van der Waals surface area contributed by atoms with E-state index >= 15 is 0 Å². The lowest BCUT2D eigenvalue weighted by Gasteiger charge is -2.32. The Balaban J connectivity index is 2.41. The van der Waals surface area contributed by atoms with E-state index in [2.05, 4.69) is 60.8 Å². The zero-order chi connectivity index (χ0) is 12.8. The highest BCUT2D eigenvalue weighted by Crippen LogP contribution is 2.28. The van der Waals surface area contributed by atoms with Gasteiger partial charge in [-0.25, -0.2) is 0 Å². The standard InChI is InChI=1S/C16H20N2/c1-16(18-13-12-17,14-8-4-2-5-9-14)15-10-6-3-7-11-15/h2-11,18H,12-13,17H2,1H3. The zero-order valence-corrected chi connectivity index (χ0v) is 10.8. The molecule has 0 amide bonds. The Morgan fingerprint density at radius 1 is 0.889 bits per heavy atom. The van der Waals surface area contributed by atoms with Gasteiger partial charge in [0.05, 0.1) is 5.54 Å². The Bertz CT molecular complexity index is 425. The molecule has 0 radical (unpaired) electrons. The van der Waals surface area contributed by atoms with E-state index in [1.54, 1.807) is 0 Å². The van der Waals surface area contributed by atoms with Crippen molar-refractivity contribution in [2.75, 3.05) is 13.1 Å². The molecule has 94 valence electrons. The number of hydrogen-bond donors (Lipinski definition) is 2. The molecule has 2 aromatic carbocycles. The highest BCUT2D eigenvalue weighted by molar-refractivity contribution is 5.37. The first-order valence-electron chi connectivity index (χ1n) is 6.33. The molecule has 0 aliphatic heterocycles. The van der Waals surface area contributed by atoms with Gasteiger partial charge in [0.2, 0.25) is 0 Å². The molecule has 2 nitrogen and oxygen atoms in total. The lowest BCUT2D eigenvalue weighted by Crippen LogP contribution is -2.43. The highest BCUT2D eigenvalue weighted by Gasteiger charge is 2.27. The van der Waals surface area contributed by atoms with E-state index in [-0.39, 0.29) is 5.54 Å². The third kappa shape index (κ3) is 2.61. The van der Waals surface area contributed by atoms with Gasteiger partial charge in [0, 0.05) is 13.1 Å². The number of rotatable bonds is 5. The first-order chi connectivity index (χ1) is 8.77. The molecule has 0 spiro atoms. The molecule has 0 atom stereocenters. The van der Waals surface area contributed by atoms with Crippen LogP contribution in [0.1, 0.15) is 18.1 Å². The van der Waals surface area contributed by atoms with Gasteiger partial charge in [0.25, 0.3) is 0 Å². The summed E-state index contributed by atoms with van der Waals surface area (Å²) < 4.78 is 0. The summed E-state index contributed by atoms with van der Waals surface area (Å²) >= 11 is 0. The number of hydrogen-bond acceptors (Lipinski definition) is 2. The Kier molecular flexibility index (Phi) is 4.13. The van der Waals surface area contributed by atoms with Crippen LogP contribution < -0.4 is 11.1 Å². The van der Waals surface area contributed by atoms with Crippen LogP contribution in [0.3, 0.4) is 0 Å². The van der Waals surface area contributed by atoms with Crippen LogP contribution in [0.2, 0.25) is 0 Å². The fourth-order valence-corrected chi connectivity index (χ4v) is 2.24. The van der Waals surface area contributed by atoms with E-state index in [0.29, 0.717) is 6.54 Å². The summed E-state index contributed by atoms with van der Waals surface area (Å²) in [5.74, 6) is 0. The molecular weight excluding hydrogens is 220 g/mol. The smallest absolute Gasteiger partial charge is 0.0662 e. The normalized spacial score (nSPS) is 11.4. The molecule has 0 saturated carbocycles. The van der Waals surface area contributed by atoms with Gasteiger partial charge in [-0.2, -0.15) is 0 Å². The van der Waals surface area contributed by atoms with Gasteiger partial charge >= 0.3 is 0 Å². The van der Waals surface area contributed by atoms with Crippen molar-refractivity contribution in [3.05, 3.63) is 71.8 Å². The molecule has 0 aliphatic carbocycles. The molecule has 3 N–H and O–H groups in total. The Labute approximate surface area is 109 Å². The van der Waals surface area contributed by atoms with Gasteiger partial charge in [-0.15, -0.1) is 0 Å². The fourth-order valence-electron chi connectivity index (χ4n) is 2.24. The van der Waals surface area contributed by atoms with E-state index in [0.717, 1.165) is 6.54 Å². The fraction of sp³-hybridized carbons (Fsp3) is 0.250. The van der Waals surface area contributed by atoms with E-state index in [4.69, 9.17) is 5.73 Å². The summed E-state index contributed by atoms with van der Waals surface area (Å²) in [6.07, 6.45) is 0. The molecule has 2 heteroatoms. The van der Waals surface area contributed by atoms with E-state index in [1.165, 1.54) is 11.1 Å². The van der Waals surface area contributed by atoms with Crippen molar-refractivity contribution in [2.24, 2.45) is 5.73 Å². The Morgan fingerprint density at radius 2 is 1.33 bits per heavy atom. The third-order valence-electron chi connectivity index (χ3n) is 3.33. The van der Waals surface area contributed by atoms with Crippen LogP contribution in [-0.2, 0) is 5.54 Å². The lowest BCUT2D eigenvalue weighted by molar-refractivity contribution is 0.445. The van der Waals surface area contributed by atoms with Crippen LogP contribution >= 0.6 is 0 Å². The molecular formula is C16H20N2. The van der Waals surface area contributed by atoms with Crippen molar-refractivity contribution >= 4 is 0 Å². The monoisotopic (exact) mass is 240 g/mol. The Hall–Kier alpha value is -1.64. The maximum absolute atomic E-state index is 5.63. The van der Waals surface area contributed by atoms with Gasteiger partial charge in [-0.05, 0) is 18.1 Å². The summed E-state index contributed by atoms with van der Waals surface area (Å²) in [5.41, 5.74) is 7.95. The van der Waals surface area contributed by atoms with Gasteiger partial charge < -0.3 is 11.1 Å². The van der Waals surface area contributed by atoms with Crippen LogP contribution in [-0.4, -0.2) is 13.1 Å². The summed E-state index contributed by atoms with van der Waals surface area (Å²) in [4.78, 5) is 0. The molecule has 0 aliphatic rings. The second-order valence-electron chi connectivity index (χ2n) is 4.57. The summed E-state index contributed by atoms with van der Waals surface area (Å²) in [5, 5.41) is 3.55. The van der Waals surface area contributed by atoms with Gasteiger partial charge in [0.1, 0.15) is 0 Å². The van der Waals surface area contributed by atoms with Crippen molar-refractivity contribution in [3.63, 3.8) is 0 Å². The maximum Gasteiger partial charge on any atom is 0.0662 e. The minimum atomic E-state index is -0.193. The van der Waals surface area contributed by atoms with Crippen molar-refractivity contribution < 1.29 is 0 Å².